The molecular formula is C14H21BrN2O. The summed E-state index contributed by atoms with van der Waals surface area (Å²) in [6.45, 7) is 6.53. The van der Waals surface area contributed by atoms with Gasteiger partial charge in [0.15, 0.2) is 0 Å². The number of rotatable bonds is 6. The molecule has 0 saturated heterocycles. The Kier molecular flexibility index (Phi) is 6.36. The van der Waals surface area contributed by atoms with Crippen LogP contribution in [-0.4, -0.2) is 18.5 Å². The Labute approximate surface area is 117 Å². The summed E-state index contributed by atoms with van der Waals surface area (Å²) in [7, 11) is 0. The van der Waals surface area contributed by atoms with Crippen molar-refractivity contribution in [3.63, 3.8) is 0 Å². The summed E-state index contributed by atoms with van der Waals surface area (Å²) in [4.78, 5) is 11.7. The standard InChI is InChI=1S/C14H21BrN2O/c1-4-10(2)16-9-14(18)17-11(3)12-6-5-7-13(15)8-12/h5-8,10-11,16H,4,9H2,1-3H3,(H,17,18)/t10?,11-/m0/s1. The van der Waals surface area contributed by atoms with Gasteiger partial charge in [0.25, 0.3) is 0 Å². The molecule has 18 heavy (non-hydrogen) atoms. The van der Waals surface area contributed by atoms with Crippen molar-refractivity contribution >= 4 is 21.8 Å². The van der Waals surface area contributed by atoms with Crippen LogP contribution in [0.1, 0.15) is 38.8 Å². The number of carbonyl (C=O) groups excluding carboxylic acids is 1. The first-order valence-corrected chi connectivity index (χ1v) is 7.10. The van der Waals surface area contributed by atoms with E-state index >= 15 is 0 Å². The molecule has 1 unspecified atom stereocenters. The molecule has 1 aromatic rings. The van der Waals surface area contributed by atoms with Crippen LogP contribution >= 0.6 is 15.9 Å². The van der Waals surface area contributed by atoms with E-state index in [1.54, 1.807) is 0 Å². The van der Waals surface area contributed by atoms with E-state index in [1.807, 2.05) is 31.2 Å². The normalized spacial score (nSPS) is 14.0. The second kappa shape index (κ2) is 7.54. The summed E-state index contributed by atoms with van der Waals surface area (Å²) in [6.07, 6.45) is 1.02. The molecule has 0 heterocycles. The molecule has 0 aliphatic carbocycles. The first-order chi connectivity index (χ1) is 8.52. The third kappa shape index (κ3) is 5.19. The van der Waals surface area contributed by atoms with Gasteiger partial charge in [0.1, 0.15) is 0 Å². The number of halogens is 1. The van der Waals surface area contributed by atoms with Gasteiger partial charge >= 0.3 is 0 Å². The van der Waals surface area contributed by atoms with E-state index < -0.39 is 0 Å². The van der Waals surface area contributed by atoms with Crippen molar-refractivity contribution in [2.24, 2.45) is 0 Å². The van der Waals surface area contributed by atoms with E-state index in [-0.39, 0.29) is 11.9 Å². The maximum Gasteiger partial charge on any atom is 0.234 e. The summed E-state index contributed by atoms with van der Waals surface area (Å²) in [5.41, 5.74) is 1.10. The van der Waals surface area contributed by atoms with Crippen molar-refractivity contribution in [1.29, 1.82) is 0 Å². The molecule has 2 atom stereocenters. The lowest BCUT2D eigenvalue weighted by Crippen LogP contribution is -2.38. The molecular weight excluding hydrogens is 292 g/mol. The van der Waals surface area contributed by atoms with Crippen LogP contribution in [0.25, 0.3) is 0 Å². The average Bonchev–Trinajstić information content (AvgIpc) is 2.35. The van der Waals surface area contributed by atoms with Gasteiger partial charge < -0.3 is 10.6 Å². The van der Waals surface area contributed by atoms with Gasteiger partial charge in [-0.3, -0.25) is 4.79 Å². The molecule has 1 amide bonds. The molecule has 0 fully saturated rings. The first kappa shape index (κ1) is 15.2. The van der Waals surface area contributed by atoms with E-state index in [0.717, 1.165) is 16.5 Å². The van der Waals surface area contributed by atoms with Gasteiger partial charge in [0, 0.05) is 10.5 Å². The van der Waals surface area contributed by atoms with E-state index in [4.69, 9.17) is 0 Å². The summed E-state index contributed by atoms with van der Waals surface area (Å²) >= 11 is 3.43. The maximum atomic E-state index is 11.7. The van der Waals surface area contributed by atoms with Crippen molar-refractivity contribution < 1.29 is 4.79 Å². The van der Waals surface area contributed by atoms with Crippen LogP contribution in [0.4, 0.5) is 0 Å². The number of hydrogen-bond acceptors (Lipinski definition) is 2. The Bertz CT molecular complexity index is 395. The molecule has 0 aromatic heterocycles. The molecule has 100 valence electrons. The Hall–Kier alpha value is -0.870. The smallest absolute Gasteiger partial charge is 0.234 e. The fourth-order valence-corrected chi connectivity index (χ4v) is 1.98. The van der Waals surface area contributed by atoms with Crippen LogP contribution in [0.2, 0.25) is 0 Å². The second-order valence-electron chi connectivity index (χ2n) is 4.53. The highest BCUT2D eigenvalue weighted by atomic mass is 79.9. The van der Waals surface area contributed by atoms with Crippen LogP contribution in [-0.2, 0) is 4.79 Å². The monoisotopic (exact) mass is 312 g/mol. The number of carbonyl (C=O) groups is 1. The van der Waals surface area contributed by atoms with Crippen LogP contribution < -0.4 is 10.6 Å². The average molecular weight is 313 g/mol. The maximum absolute atomic E-state index is 11.7. The Morgan fingerprint density at radius 1 is 1.39 bits per heavy atom. The third-order valence-corrected chi connectivity index (χ3v) is 3.44. The first-order valence-electron chi connectivity index (χ1n) is 6.31. The second-order valence-corrected chi connectivity index (χ2v) is 5.45. The lowest BCUT2D eigenvalue weighted by Gasteiger charge is -2.16. The highest BCUT2D eigenvalue weighted by molar-refractivity contribution is 9.10. The number of amides is 1. The lowest BCUT2D eigenvalue weighted by molar-refractivity contribution is -0.121. The number of hydrogen-bond donors (Lipinski definition) is 2. The van der Waals surface area contributed by atoms with Gasteiger partial charge in [-0.1, -0.05) is 35.0 Å². The predicted molar refractivity (Wildman–Crippen MR) is 78.5 cm³/mol. The number of benzene rings is 1. The van der Waals surface area contributed by atoms with Gasteiger partial charge in [-0.25, -0.2) is 0 Å². The zero-order valence-corrected chi connectivity index (χ0v) is 12.8. The Morgan fingerprint density at radius 2 is 2.11 bits per heavy atom. The van der Waals surface area contributed by atoms with Crippen LogP contribution in [0.3, 0.4) is 0 Å². The van der Waals surface area contributed by atoms with Gasteiger partial charge in [0.2, 0.25) is 5.91 Å². The molecule has 4 heteroatoms. The van der Waals surface area contributed by atoms with Crippen molar-refractivity contribution in [3.05, 3.63) is 34.3 Å². The minimum absolute atomic E-state index is 0.0220. The third-order valence-electron chi connectivity index (χ3n) is 2.95. The molecule has 0 radical (unpaired) electrons. The highest BCUT2D eigenvalue weighted by Crippen LogP contribution is 2.17. The molecule has 0 spiro atoms. The van der Waals surface area contributed by atoms with E-state index in [2.05, 4.69) is 40.4 Å². The molecule has 3 nitrogen and oxygen atoms in total. The fourth-order valence-electron chi connectivity index (χ4n) is 1.56. The van der Waals surface area contributed by atoms with E-state index in [0.29, 0.717) is 12.6 Å². The molecule has 0 aliphatic heterocycles. The van der Waals surface area contributed by atoms with Gasteiger partial charge in [-0.15, -0.1) is 0 Å². The fraction of sp³-hybridized carbons (Fsp3) is 0.500. The SMILES string of the molecule is CCC(C)NCC(=O)N[C@@H](C)c1cccc(Br)c1. The molecule has 1 rings (SSSR count). The van der Waals surface area contributed by atoms with Crippen molar-refractivity contribution in [2.75, 3.05) is 6.54 Å². The quantitative estimate of drug-likeness (QED) is 0.847. The Morgan fingerprint density at radius 3 is 2.72 bits per heavy atom. The minimum atomic E-state index is 0.0220. The zero-order valence-electron chi connectivity index (χ0n) is 11.2. The van der Waals surface area contributed by atoms with Crippen LogP contribution in [0, 0.1) is 0 Å². The lowest BCUT2D eigenvalue weighted by atomic mass is 10.1. The summed E-state index contributed by atoms with van der Waals surface area (Å²) in [5.74, 6) is 0.0303. The van der Waals surface area contributed by atoms with Gasteiger partial charge in [-0.2, -0.15) is 0 Å². The highest BCUT2D eigenvalue weighted by Gasteiger charge is 2.10. The van der Waals surface area contributed by atoms with Crippen LogP contribution in [0.15, 0.2) is 28.7 Å². The molecule has 2 N–H and O–H groups in total. The van der Waals surface area contributed by atoms with E-state index in [9.17, 15) is 4.79 Å². The van der Waals surface area contributed by atoms with Crippen LogP contribution in [0.5, 0.6) is 0 Å². The summed E-state index contributed by atoms with van der Waals surface area (Å²) in [5, 5.41) is 6.16. The van der Waals surface area contributed by atoms with Crippen molar-refractivity contribution in [3.8, 4) is 0 Å². The largest absolute Gasteiger partial charge is 0.348 e. The molecule has 1 aromatic carbocycles. The van der Waals surface area contributed by atoms with Gasteiger partial charge in [-0.05, 0) is 38.0 Å². The minimum Gasteiger partial charge on any atom is -0.348 e. The Balaban J connectivity index is 2.44. The molecule has 0 bridgehead atoms. The molecule has 0 saturated carbocycles. The zero-order chi connectivity index (χ0) is 13.5. The van der Waals surface area contributed by atoms with Gasteiger partial charge in [0.05, 0.1) is 12.6 Å². The summed E-state index contributed by atoms with van der Waals surface area (Å²) in [6, 6.07) is 8.37. The van der Waals surface area contributed by atoms with Crippen molar-refractivity contribution in [1.82, 2.24) is 10.6 Å². The topological polar surface area (TPSA) is 41.1 Å². The molecule has 0 aliphatic rings. The summed E-state index contributed by atoms with van der Waals surface area (Å²) < 4.78 is 1.03. The predicted octanol–water partition coefficient (Wildman–Crippen LogP) is 3.01. The number of nitrogens with one attached hydrogen (secondary N) is 2. The van der Waals surface area contributed by atoms with E-state index in [1.165, 1.54) is 0 Å². The van der Waals surface area contributed by atoms with Crippen molar-refractivity contribution in [2.45, 2.75) is 39.3 Å².